The quantitative estimate of drug-likeness (QED) is 0.752. The van der Waals surface area contributed by atoms with Gasteiger partial charge in [0.2, 0.25) is 0 Å². The minimum Gasteiger partial charge on any atom is -0.462 e. The van der Waals surface area contributed by atoms with Gasteiger partial charge in [-0.15, -0.1) is 0 Å². The molecule has 0 radical (unpaired) electrons. The van der Waals surface area contributed by atoms with E-state index in [1.165, 1.54) is 12.8 Å². The summed E-state index contributed by atoms with van der Waals surface area (Å²) in [5.74, 6) is 1.74. The van der Waals surface area contributed by atoms with Gasteiger partial charge in [-0.3, -0.25) is 4.79 Å². The predicted molar refractivity (Wildman–Crippen MR) is 78.7 cm³/mol. The van der Waals surface area contributed by atoms with Gasteiger partial charge in [-0.1, -0.05) is 34.1 Å². The fraction of sp³-hybridized carbons (Fsp3) is 0.938. The highest BCUT2D eigenvalue weighted by atomic mass is 16.5. The van der Waals surface area contributed by atoms with E-state index in [0.717, 1.165) is 19.3 Å². The zero-order valence-electron chi connectivity index (χ0n) is 13.0. The van der Waals surface area contributed by atoms with Crippen LogP contribution in [0.25, 0.3) is 0 Å². The smallest absolute Gasteiger partial charge is 0.308 e. The van der Waals surface area contributed by atoms with E-state index >= 15 is 0 Å². The number of carbonyl (C=O) groups excluding carboxylic acids is 1. The van der Waals surface area contributed by atoms with Crippen LogP contribution in [0, 0.1) is 23.7 Å². The van der Waals surface area contributed by atoms with Crippen LogP contribution in [0.4, 0.5) is 0 Å². The molecule has 0 aromatic rings. The Hall–Kier alpha value is -0.570. The Labute approximate surface area is 118 Å². The third-order valence-electron chi connectivity index (χ3n) is 4.47. The molecule has 0 heterocycles. The highest BCUT2D eigenvalue weighted by molar-refractivity contribution is 5.72. The van der Waals surface area contributed by atoms with Crippen molar-refractivity contribution in [1.29, 1.82) is 0 Å². The van der Waals surface area contributed by atoms with E-state index in [4.69, 9.17) is 10.5 Å². The molecule has 19 heavy (non-hydrogen) atoms. The van der Waals surface area contributed by atoms with Crippen LogP contribution in [0.2, 0.25) is 0 Å². The highest BCUT2D eigenvalue weighted by Gasteiger charge is 2.34. The maximum absolute atomic E-state index is 12.1. The molecule has 1 aliphatic rings. The Morgan fingerprint density at radius 2 is 2.00 bits per heavy atom. The Morgan fingerprint density at radius 1 is 1.32 bits per heavy atom. The summed E-state index contributed by atoms with van der Waals surface area (Å²) >= 11 is 0. The second kappa shape index (κ2) is 7.88. The zero-order valence-corrected chi connectivity index (χ0v) is 13.0. The summed E-state index contributed by atoms with van der Waals surface area (Å²) < 4.78 is 5.81. The Kier molecular flexibility index (Phi) is 6.84. The van der Waals surface area contributed by atoms with Crippen LogP contribution in [0.1, 0.15) is 59.8 Å². The molecule has 4 atom stereocenters. The Bertz CT molecular complexity index is 278. The number of esters is 1. The minimum atomic E-state index is -0.0294. The van der Waals surface area contributed by atoms with Crippen LogP contribution < -0.4 is 5.73 Å². The summed E-state index contributed by atoms with van der Waals surface area (Å²) in [7, 11) is 0. The molecule has 112 valence electrons. The molecule has 1 rings (SSSR count). The van der Waals surface area contributed by atoms with Crippen LogP contribution in [-0.2, 0) is 9.53 Å². The topological polar surface area (TPSA) is 52.3 Å². The summed E-state index contributed by atoms with van der Waals surface area (Å²) in [4.78, 5) is 12.1. The van der Waals surface area contributed by atoms with E-state index in [-0.39, 0.29) is 18.0 Å². The number of ether oxygens (including phenoxy) is 1. The van der Waals surface area contributed by atoms with E-state index in [9.17, 15) is 4.79 Å². The SMILES string of the molecule is CC1CCC(C(C)C)C(OC(=O)C(C)CCCN)C1. The summed E-state index contributed by atoms with van der Waals surface area (Å²) in [5, 5.41) is 0. The number of nitrogens with two attached hydrogens (primary N) is 1. The first-order chi connectivity index (χ1) is 8.95. The second-order valence-corrected chi connectivity index (χ2v) is 6.63. The lowest BCUT2D eigenvalue weighted by molar-refractivity contribution is -0.160. The molecule has 1 aliphatic carbocycles. The highest BCUT2D eigenvalue weighted by Crippen LogP contribution is 2.35. The molecule has 3 nitrogen and oxygen atoms in total. The molecule has 1 fully saturated rings. The number of rotatable bonds is 6. The van der Waals surface area contributed by atoms with Gasteiger partial charge in [-0.2, -0.15) is 0 Å². The normalized spacial score (nSPS) is 29.3. The predicted octanol–water partition coefficient (Wildman–Crippen LogP) is 3.37. The summed E-state index contributed by atoms with van der Waals surface area (Å²) in [6.45, 7) is 9.33. The van der Waals surface area contributed by atoms with Crippen molar-refractivity contribution in [2.45, 2.75) is 65.9 Å². The number of hydrogen-bond acceptors (Lipinski definition) is 3. The summed E-state index contributed by atoms with van der Waals surface area (Å²) in [5.41, 5.74) is 5.49. The first kappa shape index (κ1) is 16.5. The first-order valence-electron chi connectivity index (χ1n) is 7.86. The van der Waals surface area contributed by atoms with Gasteiger partial charge in [0.15, 0.2) is 0 Å². The molecule has 1 saturated carbocycles. The van der Waals surface area contributed by atoms with Crippen molar-refractivity contribution in [2.24, 2.45) is 29.4 Å². The lowest BCUT2D eigenvalue weighted by Gasteiger charge is -2.37. The van der Waals surface area contributed by atoms with Gasteiger partial charge >= 0.3 is 5.97 Å². The first-order valence-corrected chi connectivity index (χ1v) is 7.86. The largest absolute Gasteiger partial charge is 0.462 e. The van der Waals surface area contributed by atoms with E-state index in [1.54, 1.807) is 0 Å². The average Bonchev–Trinajstić information content (AvgIpc) is 2.35. The van der Waals surface area contributed by atoms with Gasteiger partial charge in [-0.25, -0.2) is 0 Å². The van der Waals surface area contributed by atoms with Gasteiger partial charge in [-0.05, 0) is 50.0 Å². The fourth-order valence-corrected chi connectivity index (χ4v) is 3.06. The molecule has 0 spiro atoms. The lowest BCUT2D eigenvalue weighted by atomic mass is 9.75. The van der Waals surface area contributed by atoms with Crippen LogP contribution in [-0.4, -0.2) is 18.6 Å². The molecular formula is C16H31NO2. The van der Waals surface area contributed by atoms with Gasteiger partial charge < -0.3 is 10.5 Å². The molecule has 0 bridgehead atoms. The van der Waals surface area contributed by atoms with Crippen molar-refractivity contribution in [3.63, 3.8) is 0 Å². The van der Waals surface area contributed by atoms with Crippen molar-refractivity contribution in [2.75, 3.05) is 6.54 Å². The zero-order chi connectivity index (χ0) is 14.4. The summed E-state index contributed by atoms with van der Waals surface area (Å²) in [6, 6.07) is 0. The third kappa shape index (κ3) is 5.13. The van der Waals surface area contributed by atoms with Crippen molar-refractivity contribution >= 4 is 5.97 Å². The maximum Gasteiger partial charge on any atom is 0.308 e. The van der Waals surface area contributed by atoms with Crippen molar-refractivity contribution in [3.05, 3.63) is 0 Å². The van der Waals surface area contributed by atoms with Crippen molar-refractivity contribution in [1.82, 2.24) is 0 Å². The standard InChI is InChI=1S/C16H31NO2/c1-11(2)14-8-7-12(3)10-15(14)19-16(18)13(4)6-5-9-17/h11-15H,5-10,17H2,1-4H3. The molecule has 3 heteroatoms. The Balaban J connectivity index is 2.53. The van der Waals surface area contributed by atoms with Gasteiger partial charge in [0.1, 0.15) is 6.10 Å². The van der Waals surface area contributed by atoms with E-state index < -0.39 is 0 Å². The van der Waals surface area contributed by atoms with E-state index in [2.05, 4.69) is 20.8 Å². The third-order valence-corrected chi connectivity index (χ3v) is 4.47. The maximum atomic E-state index is 12.1. The molecular weight excluding hydrogens is 238 g/mol. The van der Waals surface area contributed by atoms with Crippen LogP contribution in [0.3, 0.4) is 0 Å². The Morgan fingerprint density at radius 3 is 2.58 bits per heavy atom. The molecule has 0 saturated heterocycles. The molecule has 0 aromatic carbocycles. The van der Waals surface area contributed by atoms with Crippen molar-refractivity contribution < 1.29 is 9.53 Å². The van der Waals surface area contributed by atoms with Gasteiger partial charge in [0.25, 0.3) is 0 Å². The molecule has 2 N–H and O–H groups in total. The minimum absolute atomic E-state index is 0.0198. The van der Waals surface area contributed by atoms with Gasteiger partial charge in [0.05, 0.1) is 5.92 Å². The molecule has 0 amide bonds. The van der Waals surface area contributed by atoms with Crippen molar-refractivity contribution in [3.8, 4) is 0 Å². The number of carbonyl (C=O) groups is 1. The number of hydrogen-bond donors (Lipinski definition) is 1. The molecule has 0 aromatic heterocycles. The van der Waals surface area contributed by atoms with Crippen LogP contribution in [0.15, 0.2) is 0 Å². The molecule has 0 aliphatic heterocycles. The average molecular weight is 269 g/mol. The van der Waals surface area contributed by atoms with Gasteiger partial charge in [0, 0.05) is 0 Å². The lowest BCUT2D eigenvalue weighted by Crippen LogP contribution is -2.37. The summed E-state index contributed by atoms with van der Waals surface area (Å²) in [6.07, 6.45) is 5.33. The van der Waals surface area contributed by atoms with Crippen LogP contribution in [0.5, 0.6) is 0 Å². The van der Waals surface area contributed by atoms with E-state index in [0.29, 0.717) is 24.3 Å². The second-order valence-electron chi connectivity index (χ2n) is 6.63. The fourth-order valence-electron chi connectivity index (χ4n) is 3.06. The van der Waals surface area contributed by atoms with E-state index in [1.807, 2.05) is 6.92 Å². The molecule has 4 unspecified atom stereocenters. The monoisotopic (exact) mass is 269 g/mol. The van der Waals surface area contributed by atoms with Crippen LogP contribution >= 0.6 is 0 Å².